The van der Waals surface area contributed by atoms with Gasteiger partial charge in [0.15, 0.2) is 11.5 Å². The van der Waals surface area contributed by atoms with E-state index in [1.165, 1.54) is 38.4 Å². The van der Waals surface area contributed by atoms with Crippen LogP contribution in [0.2, 0.25) is 0 Å². The highest BCUT2D eigenvalue weighted by molar-refractivity contribution is 5.81. The minimum absolute atomic E-state index is 0.176. The smallest absolute Gasteiger partial charge is 0.165 e. The summed E-state index contributed by atoms with van der Waals surface area (Å²) in [6.45, 7) is 0.800. The number of nitrogens with zero attached hydrogens (tertiary/aromatic N) is 4. The van der Waals surface area contributed by atoms with E-state index >= 15 is 0 Å². The lowest BCUT2D eigenvalue weighted by Gasteiger charge is -2.23. The Bertz CT molecular complexity index is 632. The van der Waals surface area contributed by atoms with E-state index in [1.54, 1.807) is 6.33 Å². The first kappa shape index (κ1) is 12.1. The number of rotatable bonds is 2. The van der Waals surface area contributed by atoms with Gasteiger partial charge in [-0.2, -0.15) is 0 Å². The molecule has 6 heteroatoms. The summed E-state index contributed by atoms with van der Waals surface area (Å²) in [5.41, 5.74) is 7.47. The molecule has 106 valence electrons. The van der Waals surface area contributed by atoms with Crippen LogP contribution in [-0.4, -0.2) is 31.2 Å². The maximum absolute atomic E-state index is 6.34. The highest BCUT2D eigenvalue weighted by Gasteiger charge is 2.42. The monoisotopic (exact) mass is 273 g/mol. The number of hydrogen-bond donors (Lipinski definition) is 1. The Labute approximate surface area is 117 Å². The van der Waals surface area contributed by atoms with E-state index in [1.807, 2.05) is 4.57 Å². The molecular weight excluding hydrogens is 254 g/mol. The summed E-state index contributed by atoms with van der Waals surface area (Å²) in [6, 6.07) is 0. The molecule has 2 aromatic heterocycles. The van der Waals surface area contributed by atoms with Crippen LogP contribution in [0.3, 0.4) is 0 Å². The van der Waals surface area contributed by atoms with Gasteiger partial charge >= 0.3 is 0 Å². The zero-order valence-electron chi connectivity index (χ0n) is 11.5. The van der Waals surface area contributed by atoms with Gasteiger partial charge in [0.1, 0.15) is 11.8 Å². The van der Waals surface area contributed by atoms with Crippen molar-refractivity contribution in [2.45, 2.75) is 56.8 Å². The quantitative estimate of drug-likeness (QED) is 0.904. The third-order valence-electron chi connectivity index (χ3n) is 4.68. The average Bonchev–Trinajstić information content (AvgIpc) is 3.15. The van der Waals surface area contributed by atoms with E-state index in [0.29, 0.717) is 11.3 Å². The Morgan fingerprint density at radius 1 is 1.25 bits per heavy atom. The Kier molecular flexibility index (Phi) is 2.66. The molecule has 20 heavy (non-hydrogen) atoms. The lowest BCUT2D eigenvalue weighted by Crippen LogP contribution is -2.26. The number of nitrogens with two attached hydrogens (primary N) is 1. The maximum Gasteiger partial charge on any atom is 0.165 e. The van der Waals surface area contributed by atoms with Gasteiger partial charge in [-0.25, -0.2) is 15.0 Å². The normalized spacial score (nSPS) is 24.9. The van der Waals surface area contributed by atoms with Crippen LogP contribution >= 0.6 is 0 Å². The third-order valence-corrected chi connectivity index (χ3v) is 4.68. The zero-order valence-corrected chi connectivity index (χ0v) is 11.5. The fraction of sp³-hybridized carbons (Fsp3) is 0.643. The molecule has 1 saturated heterocycles. The second-order valence-corrected chi connectivity index (χ2v) is 6.00. The van der Waals surface area contributed by atoms with Gasteiger partial charge in [-0.3, -0.25) is 0 Å². The molecule has 1 unspecified atom stereocenters. The molecule has 0 bridgehead atoms. The molecule has 0 amide bonds. The van der Waals surface area contributed by atoms with Gasteiger partial charge < -0.3 is 15.0 Å². The molecule has 1 spiro atoms. The fourth-order valence-electron chi connectivity index (χ4n) is 3.66. The van der Waals surface area contributed by atoms with Gasteiger partial charge in [0.05, 0.1) is 24.6 Å². The third kappa shape index (κ3) is 1.86. The predicted molar refractivity (Wildman–Crippen MR) is 75.0 cm³/mol. The SMILES string of the molecule is Nc1ncnc2c1ncn2CC1CCC2(CCCC2)O1. The van der Waals surface area contributed by atoms with Crippen molar-refractivity contribution in [3.63, 3.8) is 0 Å². The van der Waals surface area contributed by atoms with Crippen molar-refractivity contribution < 1.29 is 4.74 Å². The van der Waals surface area contributed by atoms with E-state index in [4.69, 9.17) is 10.5 Å². The molecule has 1 saturated carbocycles. The zero-order chi connectivity index (χ0) is 13.6. The van der Waals surface area contributed by atoms with Gasteiger partial charge in [0.2, 0.25) is 0 Å². The maximum atomic E-state index is 6.34. The number of anilines is 1. The van der Waals surface area contributed by atoms with Crippen molar-refractivity contribution in [1.29, 1.82) is 0 Å². The van der Waals surface area contributed by atoms with Crippen molar-refractivity contribution in [1.82, 2.24) is 19.5 Å². The first-order valence-electron chi connectivity index (χ1n) is 7.35. The van der Waals surface area contributed by atoms with Crippen molar-refractivity contribution in [2.24, 2.45) is 0 Å². The molecule has 0 radical (unpaired) electrons. The molecule has 6 nitrogen and oxygen atoms in total. The fourth-order valence-corrected chi connectivity index (χ4v) is 3.66. The molecule has 2 aromatic rings. The number of nitrogen functional groups attached to an aromatic ring is 1. The first-order chi connectivity index (χ1) is 9.76. The molecule has 2 N–H and O–H groups in total. The van der Waals surface area contributed by atoms with E-state index in [2.05, 4.69) is 15.0 Å². The van der Waals surface area contributed by atoms with Crippen LogP contribution < -0.4 is 5.73 Å². The molecule has 0 aromatic carbocycles. The predicted octanol–water partition coefficient (Wildman–Crippen LogP) is 1.90. The number of aromatic nitrogens is 4. The summed E-state index contributed by atoms with van der Waals surface area (Å²) in [5.74, 6) is 0.438. The minimum Gasteiger partial charge on any atom is -0.382 e. The van der Waals surface area contributed by atoms with Crippen LogP contribution in [0.5, 0.6) is 0 Å². The van der Waals surface area contributed by atoms with Crippen molar-refractivity contribution in [3.8, 4) is 0 Å². The molecule has 2 aliphatic rings. The van der Waals surface area contributed by atoms with Crippen LogP contribution in [0.25, 0.3) is 11.2 Å². The molecule has 3 heterocycles. The summed E-state index contributed by atoms with van der Waals surface area (Å²) in [5, 5.41) is 0. The summed E-state index contributed by atoms with van der Waals surface area (Å²) in [6.07, 6.45) is 10.9. The lowest BCUT2D eigenvalue weighted by molar-refractivity contribution is -0.0415. The first-order valence-corrected chi connectivity index (χ1v) is 7.35. The van der Waals surface area contributed by atoms with Gasteiger partial charge in [0.25, 0.3) is 0 Å². The average molecular weight is 273 g/mol. The molecular formula is C14H19N5O. The van der Waals surface area contributed by atoms with Gasteiger partial charge in [-0.15, -0.1) is 0 Å². The number of imidazole rings is 1. The molecule has 2 fully saturated rings. The van der Waals surface area contributed by atoms with E-state index < -0.39 is 0 Å². The summed E-state index contributed by atoms with van der Waals surface area (Å²) >= 11 is 0. The van der Waals surface area contributed by atoms with E-state index in [-0.39, 0.29) is 11.7 Å². The van der Waals surface area contributed by atoms with Gasteiger partial charge in [-0.05, 0) is 25.7 Å². The van der Waals surface area contributed by atoms with Crippen molar-refractivity contribution in [3.05, 3.63) is 12.7 Å². The van der Waals surface area contributed by atoms with Crippen LogP contribution in [0.1, 0.15) is 38.5 Å². The van der Waals surface area contributed by atoms with E-state index in [9.17, 15) is 0 Å². The Balaban J connectivity index is 1.55. The molecule has 1 aliphatic carbocycles. The van der Waals surface area contributed by atoms with Crippen LogP contribution in [0, 0.1) is 0 Å². The van der Waals surface area contributed by atoms with Gasteiger partial charge in [0, 0.05) is 0 Å². The van der Waals surface area contributed by atoms with Crippen LogP contribution in [0.4, 0.5) is 5.82 Å². The lowest BCUT2D eigenvalue weighted by atomic mass is 9.98. The second-order valence-electron chi connectivity index (χ2n) is 6.00. The highest BCUT2D eigenvalue weighted by Crippen LogP contribution is 2.43. The largest absolute Gasteiger partial charge is 0.382 e. The Morgan fingerprint density at radius 3 is 2.95 bits per heavy atom. The second kappa shape index (κ2) is 4.41. The van der Waals surface area contributed by atoms with Crippen molar-refractivity contribution >= 4 is 17.0 Å². The van der Waals surface area contributed by atoms with E-state index in [0.717, 1.165) is 18.6 Å². The Morgan fingerprint density at radius 2 is 2.10 bits per heavy atom. The highest BCUT2D eigenvalue weighted by atomic mass is 16.5. The number of fused-ring (bicyclic) bond motifs is 1. The minimum atomic E-state index is 0.176. The Hall–Kier alpha value is -1.69. The summed E-state index contributed by atoms with van der Waals surface area (Å²) in [4.78, 5) is 12.6. The number of hydrogen-bond acceptors (Lipinski definition) is 5. The number of ether oxygens (including phenoxy) is 1. The topological polar surface area (TPSA) is 78.9 Å². The van der Waals surface area contributed by atoms with Crippen LogP contribution in [0.15, 0.2) is 12.7 Å². The van der Waals surface area contributed by atoms with Gasteiger partial charge in [-0.1, -0.05) is 12.8 Å². The summed E-state index contributed by atoms with van der Waals surface area (Å²) < 4.78 is 8.37. The standard InChI is InChI=1S/C14H19N5O/c15-12-11-13(17-8-16-12)19(9-18-11)7-10-3-6-14(20-10)4-1-2-5-14/h8-10H,1-7H2,(H2,15,16,17). The molecule has 1 atom stereocenters. The molecule has 1 aliphatic heterocycles. The van der Waals surface area contributed by atoms with Crippen molar-refractivity contribution in [2.75, 3.05) is 5.73 Å². The summed E-state index contributed by atoms with van der Waals surface area (Å²) in [7, 11) is 0. The van der Waals surface area contributed by atoms with Crippen LogP contribution in [-0.2, 0) is 11.3 Å². The molecule has 4 rings (SSSR count).